The second kappa shape index (κ2) is 9.91. The lowest BCUT2D eigenvalue weighted by Crippen LogP contribution is -2.34. The molecule has 1 N–H and O–H groups in total. The van der Waals surface area contributed by atoms with E-state index in [0.29, 0.717) is 17.9 Å². The predicted molar refractivity (Wildman–Crippen MR) is 101 cm³/mol. The first-order chi connectivity index (χ1) is 14.1. The molecule has 2 rings (SSSR count). The van der Waals surface area contributed by atoms with Crippen molar-refractivity contribution in [1.82, 2.24) is 5.32 Å². The average Bonchev–Trinajstić information content (AvgIpc) is 2.71. The molecule has 0 aliphatic carbocycles. The van der Waals surface area contributed by atoms with Crippen molar-refractivity contribution >= 4 is 17.7 Å². The molecule has 0 unspecified atom stereocenters. The number of Topliss-reactive ketones (excluding diaryl/α,β-unsaturated/α-hetero) is 1. The van der Waals surface area contributed by atoms with Crippen molar-refractivity contribution in [3.8, 4) is 5.75 Å². The first-order valence-electron chi connectivity index (χ1n) is 9.03. The minimum Gasteiger partial charge on any atom is -0.494 e. The fourth-order valence-corrected chi connectivity index (χ4v) is 2.47. The SMILES string of the molecule is CCOc1ccc(C(=O)[C@@H](C)OC(=O)CNC(=O)c2ccc(C(F)(F)F)cc2)cc1. The molecule has 0 radical (unpaired) electrons. The van der Waals surface area contributed by atoms with Gasteiger partial charge in [0.1, 0.15) is 12.3 Å². The number of rotatable bonds is 8. The Morgan fingerprint density at radius 2 is 1.53 bits per heavy atom. The van der Waals surface area contributed by atoms with E-state index in [4.69, 9.17) is 9.47 Å². The first-order valence-corrected chi connectivity index (χ1v) is 9.03. The minimum atomic E-state index is -4.51. The molecule has 6 nitrogen and oxygen atoms in total. The largest absolute Gasteiger partial charge is 0.494 e. The summed E-state index contributed by atoms with van der Waals surface area (Å²) in [5.41, 5.74) is -0.609. The number of ketones is 1. The van der Waals surface area contributed by atoms with Gasteiger partial charge in [-0.2, -0.15) is 13.2 Å². The van der Waals surface area contributed by atoms with Crippen molar-refractivity contribution < 1.29 is 37.0 Å². The Morgan fingerprint density at radius 3 is 2.07 bits per heavy atom. The highest BCUT2D eigenvalue weighted by Crippen LogP contribution is 2.29. The topological polar surface area (TPSA) is 81.7 Å². The second-order valence-electron chi connectivity index (χ2n) is 6.21. The Kier molecular flexibility index (Phi) is 7.57. The molecule has 0 aliphatic heterocycles. The molecule has 2 aromatic carbocycles. The molecule has 0 aromatic heterocycles. The Balaban J connectivity index is 1.85. The predicted octanol–water partition coefficient (Wildman–Crippen LogP) is 3.65. The van der Waals surface area contributed by atoms with E-state index in [1.165, 1.54) is 6.92 Å². The van der Waals surface area contributed by atoms with Crippen LogP contribution in [-0.4, -0.2) is 36.9 Å². The van der Waals surface area contributed by atoms with Crippen LogP contribution in [0.4, 0.5) is 13.2 Å². The van der Waals surface area contributed by atoms with Gasteiger partial charge in [0.2, 0.25) is 5.78 Å². The normalized spacial score (nSPS) is 12.0. The second-order valence-corrected chi connectivity index (χ2v) is 6.21. The van der Waals surface area contributed by atoms with Crippen LogP contribution in [0.1, 0.15) is 40.1 Å². The lowest BCUT2D eigenvalue weighted by atomic mass is 10.1. The van der Waals surface area contributed by atoms with E-state index >= 15 is 0 Å². The molecule has 0 bridgehead atoms. The lowest BCUT2D eigenvalue weighted by molar-refractivity contribution is -0.145. The molecule has 0 saturated carbocycles. The molecular formula is C21H20F3NO5. The van der Waals surface area contributed by atoms with Crippen molar-refractivity contribution in [2.45, 2.75) is 26.1 Å². The van der Waals surface area contributed by atoms with E-state index in [9.17, 15) is 27.6 Å². The number of carbonyl (C=O) groups is 3. The lowest BCUT2D eigenvalue weighted by Gasteiger charge is -2.13. The zero-order valence-electron chi connectivity index (χ0n) is 16.3. The molecule has 160 valence electrons. The van der Waals surface area contributed by atoms with E-state index in [0.717, 1.165) is 24.3 Å². The Morgan fingerprint density at radius 1 is 0.967 bits per heavy atom. The average molecular weight is 423 g/mol. The van der Waals surface area contributed by atoms with E-state index < -0.39 is 42.0 Å². The molecular weight excluding hydrogens is 403 g/mol. The summed E-state index contributed by atoms with van der Waals surface area (Å²) in [5, 5.41) is 2.24. The fraction of sp³-hybridized carbons (Fsp3) is 0.286. The van der Waals surface area contributed by atoms with Gasteiger partial charge in [-0.25, -0.2) is 0 Å². The number of carbonyl (C=O) groups excluding carboxylic acids is 3. The van der Waals surface area contributed by atoms with Crippen LogP contribution in [0, 0.1) is 0 Å². The summed E-state index contributed by atoms with van der Waals surface area (Å²) in [6.45, 7) is 3.17. The zero-order valence-corrected chi connectivity index (χ0v) is 16.3. The monoisotopic (exact) mass is 423 g/mol. The zero-order chi connectivity index (χ0) is 22.3. The summed E-state index contributed by atoms with van der Waals surface area (Å²) in [6.07, 6.45) is -5.59. The third-order valence-electron chi connectivity index (χ3n) is 3.99. The van der Waals surface area contributed by atoms with Crippen LogP contribution < -0.4 is 10.1 Å². The quantitative estimate of drug-likeness (QED) is 0.518. The van der Waals surface area contributed by atoms with E-state index in [1.807, 2.05) is 6.92 Å². The van der Waals surface area contributed by atoms with Crippen molar-refractivity contribution in [2.75, 3.05) is 13.2 Å². The van der Waals surface area contributed by atoms with Gasteiger partial charge < -0.3 is 14.8 Å². The minimum absolute atomic E-state index is 0.0469. The molecule has 30 heavy (non-hydrogen) atoms. The Labute approximate surface area is 171 Å². The number of benzene rings is 2. The highest BCUT2D eigenvalue weighted by atomic mass is 19.4. The van der Waals surface area contributed by atoms with Gasteiger partial charge in [0, 0.05) is 11.1 Å². The van der Waals surface area contributed by atoms with Gasteiger partial charge in [-0.05, 0) is 62.4 Å². The van der Waals surface area contributed by atoms with Gasteiger partial charge in [0.25, 0.3) is 5.91 Å². The van der Waals surface area contributed by atoms with Gasteiger partial charge in [0.15, 0.2) is 6.10 Å². The summed E-state index contributed by atoms with van der Waals surface area (Å²) in [7, 11) is 0. The van der Waals surface area contributed by atoms with Crippen molar-refractivity contribution in [3.63, 3.8) is 0 Å². The maximum atomic E-state index is 12.5. The van der Waals surface area contributed by atoms with Crippen LogP contribution in [0.3, 0.4) is 0 Å². The number of halogens is 3. The standard InChI is InChI=1S/C21H20F3NO5/c1-3-29-17-10-6-14(7-11-17)19(27)13(2)30-18(26)12-25-20(28)15-4-8-16(9-5-15)21(22,23)24/h4-11,13H,3,12H2,1-2H3,(H,25,28)/t13-/m1/s1. The summed E-state index contributed by atoms with van der Waals surface area (Å²) in [5.74, 6) is -1.43. The third-order valence-corrected chi connectivity index (χ3v) is 3.99. The summed E-state index contributed by atoms with van der Waals surface area (Å²) < 4.78 is 47.9. The molecule has 0 aliphatic rings. The summed E-state index contributed by atoms with van der Waals surface area (Å²) >= 11 is 0. The highest BCUT2D eigenvalue weighted by molar-refractivity contribution is 6.00. The van der Waals surface area contributed by atoms with Crippen LogP contribution in [-0.2, 0) is 15.7 Å². The van der Waals surface area contributed by atoms with Crippen LogP contribution in [0.15, 0.2) is 48.5 Å². The third kappa shape index (κ3) is 6.33. The van der Waals surface area contributed by atoms with Crippen molar-refractivity contribution in [3.05, 3.63) is 65.2 Å². The highest BCUT2D eigenvalue weighted by Gasteiger charge is 2.30. The number of hydrogen-bond donors (Lipinski definition) is 1. The number of alkyl halides is 3. The molecule has 0 fully saturated rings. The molecule has 0 heterocycles. The number of ether oxygens (including phenoxy) is 2. The van der Waals surface area contributed by atoms with Gasteiger partial charge in [-0.1, -0.05) is 0 Å². The van der Waals surface area contributed by atoms with Crippen LogP contribution in [0.2, 0.25) is 0 Å². The molecule has 1 atom stereocenters. The smallest absolute Gasteiger partial charge is 0.416 e. The van der Waals surface area contributed by atoms with Crippen molar-refractivity contribution in [2.24, 2.45) is 0 Å². The maximum absolute atomic E-state index is 12.5. The van der Waals surface area contributed by atoms with Crippen LogP contribution >= 0.6 is 0 Å². The number of amides is 1. The van der Waals surface area contributed by atoms with E-state index in [-0.39, 0.29) is 5.56 Å². The fourth-order valence-electron chi connectivity index (χ4n) is 2.47. The number of nitrogens with one attached hydrogen (secondary N) is 1. The van der Waals surface area contributed by atoms with Gasteiger partial charge in [-0.15, -0.1) is 0 Å². The Bertz CT molecular complexity index is 892. The number of esters is 1. The van der Waals surface area contributed by atoms with Crippen LogP contribution in [0.25, 0.3) is 0 Å². The molecule has 0 spiro atoms. The molecule has 9 heteroatoms. The van der Waals surface area contributed by atoms with E-state index in [1.54, 1.807) is 24.3 Å². The van der Waals surface area contributed by atoms with Crippen molar-refractivity contribution in [1.29, 1.82) is 0 Å². The number of hydrogen-bond acceptors (Lipinski definition) is 5. The molecule has 1 amide bonds. The van der Waals surface area contributed by atoms with Gasteiger partial charge in [-0.3, -0.25) is 14.4 Å². The summed E-state index contributed by atoms with van der Waals surface area (Å²) in [4.78, 5) is 36.2. The molecule has 2 aromatic rings. The summed E-state index contributed by atoms with van der Waals surface area (Å²) in [6, 6.07) is 9.87. The maximum Gasteiger partial charge on any atom is 0.416 e. The van der Waals surface area contributed by atoms with Gasteiger partial charge >= 0.3 is 12.1 Å². The first kappa shape index (κ1) is 22.9. The Hall–Kier alpha value is -3.36. The van der Waals surface area contributed by atoms with E-state index in [2.05, 4.69) is 5.32 Å². The van der Waals surface area contributed by atoms with Gasteiger partial charge in [0.05, 0.1) is 12.2 Å². The molecule has 0 saturated heterocycles. The van der Waals surface area contributed by atoms with Crippen LogP contribution in [0.5, 0.6) is 5.75 Å².